The molecular weight excluding hydrogens is 769 g/mol. The fourth-order valence-corrected chi connectivity index (χ4v) is 5.95. The lowest BCUT2D eigenvalue weighted by Crippen LogP contribution is -2.12. The summed E-state index contributed by atoms with van der Waals surface area (Å²) < 4.78 is 36.0. The zero-order valence-electron chi connectivity index (χ0n) is 34.3. The summed E-state index contributed by atoms with van der Waals surface area (Å²) in [7, 11) is 0. The van der Waals surface area contributed by atoms with Crippen LogP contribution in [-0.4, -0.2) is 72.8 Å². The number of ether oxygens (including phenoxy) is 6. The molecule has 0 radical (unpaired) electrons. The van der Waals surface area contributed by atoms with Crippen LogP contribution in [0.2, 0.25) is 0 Å². The van der Waals surface area contributed by atoms with Gasteiger partial charge in [-0.15, -0.1) is 0 Å². The highest BCUT2D eigenvalue weighted by molar-refractivity contribution is 5.98. The maximum absolute atomic E-state index is 8.82. The number of hydrogen-bond donors (Lipinski definition) is 6. The summed E-state index contributed by atoms with van der Waals surface area (Å²) in [5, 5.41) is 35.5. The summed E-state index contributed by atoms with van der Waals surface area (Å²) in [4.78, 5) is 0. The summed E-state index contributed by atoms with van der Waals surface area (Å²) in [6.45, 7) is 3.54. The molecule has 15 nitrogen and oxygen atoms in total. The molecule has 0 aliphatic carbocycles. The van der Waals surface area contributed by atoms with Crippen molar-refractivity contribution in [2.75, 3.05) is 39.6 Å². The van der Waals surface area contributed by atoms with E-state index in [2.05, 4.69) is 15.5 Å². The minimum atomic E-state index is 0.0640. The monoisotopic (exact) mass is 828 g/mol. The largest absolute Gasteiger partial charge is 0.494 e. The number of nitrogens with two attached hydrogens (primary N) is 3. The lowest BCUT2D eigenvalue weighted by molar-refractivity contribution is 0.269. The maximum atomic E-state index is 8.82. The average molecular weight is 829 g/mol. The fraction of sp³-hybridized carbons (Fsp3) is 0.400. The van der Waals surface area contributed by atoms with Crippen LogP contribution in [0, 0.1) is 0 Å². The van der Waals surface area contributed by atoms with E-state index >= 15 is 0 Å². The molecular formula is C45H60N6O9. The van der Waals surface area contributed by atoms with Crippen LogP contribution in [0.4, 0.5) is 0 Å². The topological polar surface area (TPSA) is 231 Å². The van der Waals surface area contributed by atoms with Crippen molar-refractivity contribution in [1.29, 1.82) is 0 Å². The number of amidine groups is 3. The summed E-state index contributed by atoms with van der Waals surface area (Å²) in [6.07, 6.45) is 11.5. The van der Waals surface area contributed by atoms with E-state index in [-0.39, 0.29) is 17.5 Å². The maximum Gasteiger partial charge on any atom is 0.170 e. The SMILES string of the molecule is NC(=NO)c1ccc(OCCCCCCOc2cc(OCCCCCCOc3ccc(C(N)=NO)cc3)cc(OCCCCCCOc3ccc(C(N)=NO)cc3)c2)cc1. The van der Waals surface area contributed by atoms with Crippen LogP contribution in [0.5, 0.6) is 34.5 Å². The van der Waals surface area contributed by atoms with Gasteiger partial charge in [0.1, 0.15) is 34.5 Å². The van der Waals surface area contributed by atoms with Gasteiger partial charge in [-0.25, -0.2) is 0 Å². The Morgan fingerprint density at radius 2 is 0.517 bits per heavy atom. The first kappa shape index (κ1) is 46.2. The zero-order valence-corrected chi connectivity index (χ0v) is 34.3. The molecule has 60 heavy (non-hydrogen) atoms. The van der Waals surface area contributed by atoms with Gasteiger partial charge < -0.3 is 61.2 Å². The van der Waals surface area contributed by atoms with Crippen LogP contribution in [-0.2, 0) is 0 Å². The van der Waals surface area contributed by atoms with E-state index in [4.69, 9.17) is 61.2 Å². The molecule has 0 bridgehead atoms. The Hall–Kier alpha value is -6.51. The second-order valence-corrected chi connectivity index (χ2v) is 14.0. The molecule has 0 fully saturated rings. The molecule has 4 aromatic carbocycles. The molecule has 4 rings (SSSR count). The molecule has 0 aliphatic rings. The highest BCUT2D eigenvalue weighted by Crippen LogP contribution is 2.29. The third-order valence-electron chi connectivity index (χ3n) is 9.36. The molecule has 0 aromatic heterocycles. The van der Waals surface area contributed by atoms with Gasteiger partial charge in [0.2, 0.25) is 0 Å². The Bertz CT molecular complexity index is 1660. The van der Waals surface area contributed by atoms with E-state index in [1.54, 1.807) is 36.4 Å². The molecule has 0 amide bonds. The van der Waals surface area contributed by atoms with Crippen molar-refractivity contribution in [3.8, 4) is 34.5 Å². The van der Waals surface area contributed by atoms with Gasteiger partial charge in [-0.1, -0.05) is 15.5 Å². The molecule has 0 aliphatic heterocycles. The number of oxime groups is 3. The third kappa shape index (κ3) is 17.5. The Morgan fingerprint density at radius 3 is 0.717 bits per heavy atom. The molecule has 324 valence electrons. The quantitative estimate of drug-likeness (QED) is 0.00965. The van der Waals surface area contributed by atoms with Crippen molar-refractivity contribution in [3.05, 3.63) is 108 Å². The lowest BCUT2D eigenvalue weighted by atomic mass is 10.2. The van der Waals surface area contributed by atoms with E-state index in [1.165, 1.54) is 0 Å². The molecule has 0 unspecified atom stereocenters. The lowest BCUT2D eigenvalue weighted by Gasteiger charge is -2.14. The Morgan fingerprint density at radius 1 is 0.317 bits per heavy atom. The van der Waals surface area contributed by atoms with Gasteiger partial charge in [-0.2, -0.15) is 0 Å². The second-order valence-electron chi connectivity index (χ2n) is 14.0. The van der Waals surface area contributed by atoms with Crippen LogP contribution in [0.3, 0.4) is 0 Å². The number of nitrogens with zero attached hydrogens (tertiary/aromatic N) is 3. The highest BCUT2D eigenvalue weighted by Gasteiger charge is 2.07. The predicted molar refractivity (Wildman–Crippen MR) is 232 cm³/mol. The first-order valence-electron chi connectivity index (χ1n) is 20.5. The Balaban J connectivity index is 1.14. The van der Waals surface area contributed by atoms with Crippen molar-refractivity contribution in [2.45, 2.75) is 77.0 Å². The summed E-state index contributed by atoms with van der Waals surface area (Å²) in [5.41, 5.74) is 18.8. The molecule has 0 atom stereocenters. The predicted octanol–water partition coefficient (Wildman–Crippen LogP) is 8.02. The normalized spacial score (nSPS) is 11.9. The summed E-state index contributed by atoms with van der Waals surface area (Å²) in [5.74, 6) is 4.57. The summed E-state index contributed by atoms with van der Waals surface area (Å²) >= 11 is 0. The van der Waals surface area contributed by atoms with Gasteiger partial charge >= 0.3 is 0 Å². The average Bonchev–Trinajstić information content (AvgIpc) is 3.28. The van der Waals surface area contributed by atoms with Gasteiger partial charge in [0.05, 0.1) is 39.6 Å². The molecule has 0 saturated carbocycles. The second kappa shape index (κ2) is 27.2. The molecule has 4 aromatic rings. The minimum Gasteiger partial charge on any atom is -0.494 e. The standard InChI is InChI=1S/C45H60N6O9/c46-43(49-52)34-13-19-37(20-14-34)55-25-7-1-4-10-28-58-40-31-41(59-29-11-5-2-8-26-56-38-21-15-35(16-22-38)44(47)50-53)33-42(32-40)60-30-12-6-3-9-27-57-39-23-17-36(18-24-39)45(48)51-54/h13-24,31-33,52-54H,1-12,25-30H2,(H2,46,49)(H2,47,50)(H2,48,51). The van der Waals surface area contributed by atoms with Gasteiger partial charge in [-0.3, -0.25) is 0 Å². The number of unbranched alkanes of at least 4 members (excludes halogenated alkanes) is 9. The summed E-state index contributed by atoms with van der Waals surface area (Å²) in [6, 6.07) is 27.2. The van der Waals surface area contributed by atoms with Crippen molar-refractivity contribution < 1.29 is 44.0 Å². The Labute approximate surface area is 352 Å². The minimum absolute atomic E-state index is 0.0640. The van der Waals surface area contributed by atoms with Crippen molar-refractivity contribution >= 4 is 17.5 Å². The van der Waals surface area contributed by atoms with E-state index in [0.29, 0.717) is 73.6 Å². The van der Waals surface area contributed by atoms with E-state index in [9.17, 15) is 0 Å². The van der Waals surface area contributed by atoms with Crippen molar-refractivity contribution in [3.63, 3.8) is 0 Å². The van der Waals surface area contributed by atoms with Crippen LogP contribution in [0.25, 0.3) is 0 Å². The van der Waals surface area contributed by atoms with E-state index < -0.39 is 0 Å². The van der Waals surface area contributed by atoms with Gasteiger partial charge in [0.25, 0.3) is 0 Å². The van der Waals surface area contributed by atoms with E-state index in [1.807, 2.05) is 54.6 Å². The number of hydrogen-bond acceptors (Lipinski definition) is 12. The van der Waals surface area contributed by atoms with Gasteiger partial charge in [0.15, 0.2) is 17.5 Å². The molecule has 0 spiro atoms. The zero-order chi connectivity index (χ0) is 42.6. The van der Waals surface area contributed by atoms with E-state index in [0.717, 1.165) is 94.3 Å². The van der Waals surface area contributed by atoms with Gasteiger partial charge in [-0.05, 0) is 150 Å². The van der Waals surface area contributed by atoms with Crippen LogP contribution >= 0.6 is 0 Å². The first-order chi connectivity index (χ1) is 29.4. The van der Waals surface area contributed by atoms with Crippen molar-refractivity contribution in [1.82, 2.24) is 0 Å². The first-order valence-corrected chi connectivity index (χ1v) is 20.5. The molecule has 0 heterocycles. The van der Waals surface area contributed by atoms with Crippen molar-refractivity contribution in [2.24, 2.45) is 32.7 Å². The fourth-order valence-electron chi connectivity index (χ4n) is 5.95. The third-order valence-corrected chi connectivity index (χ3v) is 9.36. The number of benzene rings is 4. The molecule has 9 N–H and O–H groups in total. The molecule has 0 saturated heterocycles. The Kier molecular flexibility index (Phi) is 21.0. The van der Waals surface area contributed by atoms with Crippen LogP contribution in [0.1, 0.15) is 93.7 Å². The molecule has 15 heteroatoms. The van der Waals surface area contributed by atoms with Gasteiger partial charge in [0, 0.05) is 34.9 Å². The highest BCUT2D eigenvalue weighted by atomic mass is 16.5. The van der Waals surface area contributed by atoms with Crippen LogP contribution < -0.4 is 45.6 Å². The smallest absolute Gasteiger partial charge is 0.170 e. The van der Waals surface area contributed by atoms with Crippen LogP contribution in [0.15, 0.2) is 106 Å². The number of rotatable bonds is 30.